The van der Waals surface area contributed by atoms with Gasteiger partial charge in [-0.2, -0.15) is 0 Å². The Labute approximate surface area is 224 Å². The van der Waals surface area contributed by atoms with Crippen molar-refractivity contribution in [2.24, 2.45) is 29.1 Å². The Morgan fingerprint density at radius 1 is 1.23 bits per heavy atom. The number of hydrogen-bond acceptors (Lipinski definition) is 6. The molecule has 1 saturated heterocycles. The number of aryl methyl sites for hydroxylation is 1. The van der Waals surface area contributed by atoms with Crippen LogP contribution in [0.2, 0.25) is 0 Å². The highest BCUT2D eigenvalue weighted by Crippen LogP contribution is 2.38. The summed E-state index contributed by atoms with van der Waals surface area (Å²) in [5.74, 6) is 0.240. The van der Waals surface area contributed by atoms with E-state index in [1.54, 1.807) is 11.3 Å². The molecule has 0 aliphatic carbocycles. The molecule has 0 aromatic carbocycles. The van der Waals surface area contributed by atoms with Gasteiger partial charge in [-0.25, -0.2) is 4.98 Å². The Bertz CT molecular complexity index is 895. The van der Waals surface area contributed by atoms with Gasteiger partial charge in [-0.1, -0.05) is 70.3 Å². The number of aliphatic hydroxyl groups excluding tert-OH is 1. The molecule has 35 heavy (non-hydrogen) atoms. The van der Waals surface area contributed by atoms with Crippen LogP contribution in [0.1, 0.15) is 91.3 Å². The van der Waals surface area contributed by atoms with Crippen molar-refractivity contribution in [3.05, 3.63) is 21.7 Å². The monoisotopic (exact) mass is 569 g/mol. The van der Waals surface area contributed by atoms with Crippen LogP contribution in [0.3, 0.4) is 0 Å². The second kappa shape index (κ2) is 13.0. The fraction of sp³-hybridized carbons (Fsp3) is 0.750. The zero-order valence-corrected chi connectivity index (χ0v) is 25.0. The summed E-state index contributed by atoms with van der Waals surface area (Å²) in [5.41, 5.74) is 1.10. The number of alkyl halides is 1. The van der Waals surface area contributed by atoms with Gasteiger partial charge >= 0.3 is 5.97 Å². The summed E-state index contributed by atoms with van der Waals surface area (Å²) in [7, 11) is 0. The van der Waals surface area contributed by atoms with E-state index < -0.39 is 17.6 Å². The third-order valence-electron chi connectivity index (χ3n) is 8.25. The van der Waals surface area contributed by atoms with Crippen LogP contribution in [0, 0.1) is 36.0 Å². The number of carbonyl (C=O) groups excluding carboxylic acids is 2. The molecule has 198 valence electrons. The molecule has 0 saturated carbocycles. The van der Waals surface area contributed by atoms with E-state index in [-0.39, 0.29) is 40.8 Å². The fourth-order valence-electron chi connectivity index (χ4n) is 4.83. The number of ether oxygens (including phenoxy) is 1. The first-order chi connectivity index (χ1) is 16.2. The molecule has 0 radical (unpaired) electrons. The van der Waals surface area contributed by atoms with E-state index >= 15 is 0 Å². The number of cyclic esters (lactones) is 1. The van der Waals surface area contributed by atoms with Crippen molar-refractivity contribution >= 4 is 45.1 Å². The summed E-state index contributed by atoms with van der Waals surface area (Å²) in [6.45, 7) is 16.2. The van der Waals surface area contributed by atoms with Crippen molar-refractivity contribution in [3.8, 4) is 0 Å². The molecule has 1 fully saturated rings. The second-order valence-electron chi connectivity index (χ2n) is 11.2. The summed E-state index contributed by atoms with van der Waals surface area (Å²) in [6, 6.07) is 0. The maximum absolute atomic E-state index is 13.5. The predicted molar refractivity (Wildman–Crippen MR) is 148 cm³/mol. The highest BCUT2D eigenvalue weighted by molar-refractivity contribution is 9.09. The van der Waals surface area contributed by atoms with Crippen LogP contribution < -0.4 is 0 Å². The van der Waals surface area contributed by atoms with E-state index in [0.717, 1.165) is 29.1 Å². The second-order valence-corrected chi connectivity index (χ2v) is 13.5. The molecular formula is C28H44BrNO4S. The van der Waals surface area contributed by atoms with E-state index in [4.69, 9.17) is 4.74 Å². The molecule has 7 atom stereocenters. The number of halogens is 1. The van der Waals surface area contributed by atoms with Crippen molar-refractivity contribution in [1.82, 2.24) is 4.98 Å². The standard InChI is InChI=1S/C28H44BrNO4S/c1-16-10-9-11-24(31)23(29)14-25(17(2)12-22-15-35-21(6)30-22)34-26(32)13-18(3)28(7,8)27(33)20(5)19(16)4/h12,15-16,18-20,23-25,31H,9-11,13-14H2,1-8H3/b17-12+/t16-,18-,19-,20+,23+,24+,25-/m0/s1. The molecule has 0 unspecified atom stereocenters. The first-order valence-corrected chi connectivity index (χ1v) is 14.7. The number of ketones is 1. The molecule has 5 nitrogen and oxygen atoms in total. The lowest BCUT2D eigenvalue weighted by molar-refractivity contribution is -0.150. The van der Waals surface area contributed by atoms with Gasteiger partial charge in [0.1, 0.15) is 11.9 Å². The molecule has 2 rings (SSSR count). The lowest BCUT2D eigenvalue weighted by Gasteiger charge is -2.36. The summed E-state index contributed by atoms with van der Waals surface area (Å²) in [5, 5.41) is 13.8. The Balaban J connectivity index is 2.33. The van der Waals surface area contributed by atoms with Gasteiger partial charge in [0, 0.05) is 34.4 Å². The van der Waals surface area contributed by atoms with Gasteiger partial charge in [-0.3, -0.25) is 9.59 Å². The van der Waals surface area contributed by atoms with Gasteiger partial charge in [0.05, 0.1) is 16.8 Å². The lowest BCUT2D eigenvalue weighted by atomic mass is 9.67. The van der Waals surface area contributed by atoms with Gasteiger partial charge in [0.2, 0.25) is 0 Å². The largest absolute Gasteiger partial charge is 0.458 e. The zero-order chi connectivity index (χ0) is 26.5. The van der Waals surface area contributed by atoms with Crippen molar-refractivity contribution < 1.29 is 19.4 Å². The SMILES string of the molecule is C/C(=C\c1csc(C)n1)[C@@H]1C[C@@H](Br)[C@H](O)CCC[C@H](C)[C@H](C)[C@@H](C)C(=O)C(C)(C)[C@@H](C)CC(=O)O1. The average molecular weight is 571 g/mol. The number of aliphatic hydroxyl groups is 1. The zero-order valence-electron chi connectivity index (χ0n) is 22.6. The van der Waals surface area contributed by atoms with Crippen LogP contribution in [0.4, 0.5) is 0 Å². The average Bonchev–Trinajstić information content (AvgIpc) is 3.20. The van der Waals surface area contributed by atoms with Crippen LogP contribution in [-0.2, 0) is 14.3 Å². The van der Waals surface area contributed by atoms with Crippen molar-refractivity contribution in [2.75, 3.05) is 0 Å². The first kappa shape index (κ1) is 30.2. The Morgan fingerprint density at radius 2 is 1.89 bits per heavy atom. The molecule has 1 N–H and O–H groups in total. The normalized spacial score (nSPS) is 34.5. The van der Waals surface area contributed by atoms with Gasteiger partial charge in [0.15, 0.2) is 0 Å². The van der Waals surface area contributed by atoms with E-state index in [0.29, 0.717) is 18.8 Å². The Hall–Kier alpha value is -1.05. The number of aromatic nitrogens is 1. The maximum Gasteiger partial charge on any atom is 0.306 e. The van der Waals surface area contributed by atoms with E-state index in [1.165, 1.54) is 0 Å². The molecule has 1 aliphatic heterocycles. The smallest absolute Gasteiger partial charge is 0.306 e. The predicted octanol–water partition coefficient (Wildman–Crippen LogP) is 6.99. The molecule has 0 amide bonds. The maximum atomic E-state index is 13.5. The number of nitrogens with zero attached hydrogens (tertiary/aromatic N) is 1. The van der Waals surface area contributed by atoms with E-state index in [9.17, 15) is 14.7 Å². The molecule has 0 bridgehead atoms. The van der Waals surface area contributed by atoms with Crippen molar-refractivity contribution in [2.45, 2.75) is 105 Å². The minimum atomic E-state index is -0.629. The number of thiazole rings is 1. The van der Waals surface area contributed by atoms with Crippen molar-refractivity contribution in [3.63, 3.8) is 0 Å². The number of Topliss-reactive ketones (excluding diaryl/α,β-unsaturated/α-hetero) is 1. The highest BCUT2D eigenvalue weighted by atomic mass is 79.9. The third kappa shape index (κ3) is 8.22. The molecule has 1 aromatic rings. The van der Waals surface area contributed by atoms with Crippen LogP contribution in [0.15, 0.2) is 11.0 Å². The summed E-state index contributed by atoms with van der Waals surface area (Å²) < 4.78 is 5.99. The third-order valence-corrected chi connectivity index (χ3v) is 10.0. The Morgan fingerprint density at radius 3 is 2.49 bits per heavy atom. The minimum Gasteiger partial charge on any atom is -0.458 e. The molecular weight excluding hydrogens is 526 g/mol. The number of rotatable bonds is 2. The van der Waals surface area contributed by atoms with Crippen LogP contribution in [0.25, 0.3) is 6.08 Å². The topological polar surface area (TPSA) is 76.5 Å². The van der Waals surface area contributed by atoms with E-state index in [1.807, 2.05) is 53.0 Å². The fourth-order valence-corrected chi connectivity index (χ4v) is 6.00. The van der Waals surface area contributed by atoms with Crippen LogP contribution >= 0.6 is 27.3 Å². The van der Waals surface area contributed by atoms with E-state index in [2.05, 4.69) is 34.8 Å². The van der Waals surface area contributed by atoms with Crippen LogP contribution in [-0.4, -0.2) is 38.9 Å². The molecule has 1 aliphatic rings. The molecule has 0 spiro atoms. The number of hydrogen-bond donors (Lipinski definition) is 1. The van der Waals surface area contributed by atoms with Gasteiger partial charge in [-0.05, 0) is 49.7 Å². The van der Waals surface area contributed by atoms with Gasteiger partial charge in [-0.15, -0.1) is 11.3 Å². The highest BCUT2D eigenvalue weighted by Gasteiger charge is 2.40. The van der Waals surface area contributed by atoms with Crippen molar-refractivity contribution in [1.29, 1.82) is 0 Å². The summed E-state index contributed by atoms with van der Waals surface area (Å²) >= 11 is 5.25. The number of carbonyl (C=O) groups is 2. The molecule has 2 heterocycles. The lowest BCUT2D eigenvalue weighted by Crippen LogP contribution is -2.40. The minimum absolute atomic E-state index is 0.0975. The summed E-state index contributed by atoms with van der Waals surface area (Å²) in [6.07, 6.45) is 4.07. The quantitative estimate of drug-likeness (QED) is 0.306. The Kier molecular flexibility index (Phi) is 11.2. The summed E-state index contributed by atoms with van der Waals surface area (Å²) in [4.78, 5) is 30.9. The molecule has 1 aromatic heterocycles. The first-order valence-electron chi connectivity index (χ1n) is 12.9. The van der Waals surface area contributed by atoms with Gasteiger partial charge in [0.25, 0.3) is 0 Å². The van der Waals surface area contributed by atoms with Crippen LogP contribution in [0.5, 0.6) is 0 Å². The molecule has 7 heteroatoms. The van der Waals surface area contributed by atoms with Gasteiger partial charge < -0.3 is 9.84 Å². The number of esters is 1.